The van der Waals surface area contributed by atoms with Crippen LogP contribution in [-0.4, -0.2) is 35.2 Å². The predicted molar refractivity (Wildman–Crippen MR) is 117 cm³/mol. The van der Waals surface area contributed by atoms with Crippen LogP contribution >= 0.6 is 11.8 Å². The van der Waals surface area contributed by atoms with E-state index in [1.165, 1.54) is 17.3 Å². The molecule has 2 aromatic carbocycles. The summed E-state index contributed by atoms with van der Waals surface area (Å²) >= 11 is 1.43. The molecular weight excluding hydrogens is 398 g/mol. The average Bonchev–Trinajstić information content (AvgIpc) is 3.21. The Bertz CT molecular complexity index is 1110. The van der Waals surface area contributed by atoms with E-state index in [2.05, 4.69) is 61.8 Å². The third kappa shape index (κ3) is 4.71. The maximum Gasteiger partial charge on any atom is 0.232 e. The predicted octanol–water partition coefficient (Wildman–Crippen LogP) is 3.59. The van der Waals surface area contributed by atoms with Crippen LogP contribution in [-0.2, 0) is 5.75 Å². The number of nitrogens with two attached hydrogens (primary N) is 1. The van der Waals surface area contributed by atoms with Crippen molar-refractivity contribution in [3.8, 4) is 5.69 Å². The average molecular weight is 420 g/mol. The van der Waals surface area contributed by atoms with Crippen LogP contribution in [0.15, 0.2) is 59.8 Å². The molecule has 0 aliphatic heterocycles. The SMILES string of the molecule is CC(C)c1ccc(-n2nnnc2SCc2nc(N)nc(Nc3ccccc3)n2)cc1. The zero-order chi connectivity index (χ0) is 20.9. The summed E-state index contributed by atoms with van der Waals surface area (Å²) in [5.41, 5.74) is 8.90. The minimum atomic E-state index is 0.155. The summed E-state index contributed by atoms with van der Waals surface area (Å²) in [5, 5.41) is 15.8. The smallest absolute Gasteiger partial charge is 0.232 e. The van der Waals surface area contributed by atoms with E-state index in [1.807, 2.05) is 42.5 Å². The van der Waals surface area contributed by atoms with Crippen LogP contribution in [0.2, 0.25) is 0 Å². The number of nitrogens with zero attached hydrogens (tertiary/aromatic N) is 7. The molecule has 4 aromatic rings. The first-order valence-electron chi connectivity index (χ1n) is 9.42. The monoisotopic (exact) mass is 419 g/mol. The molecule has 0 saturated carbocycles. The zero-order valence-corrected chi connectivity index (χ0v) is 17.4. The number of nitrogens with one attached hydrogen (secondary N) is 1. The van der Waals surface area contributed by atoms with Crippen LogP contribution in [0.1, 0.15) is 31.2 Å². The Morgan fingerprint density at radius 1 is 1.00 bits per heavy atom. The molecule has 0 aliphatic carbocycles. The molecule has 0 fully saturated rings. The van der Waals surface area contributed by atoms with E-state index in [-0.39, 0.29) is 5.95 Å². The van der Waals surface area contributed by atoms with Crippen LogP contribution in [0.4, 0.5) is 17.6 Å². The van der Waals surface area contributed by atoms with Gasteiger partial charge in [0.25, 0.3) is 0 Å². The number of thioether (sulfide) groups is 1. The fourth-order valence-corrected chi connectivity index (χ4v) is 3.52. The lowest BCUT2D eigenvalue weighted by atomic mass is 10.0. The minimum Gasteiger partial charge on any atom is -0.368 e. The molecule has 3 N–H and O–H groups in total. The van der Waals surface area contributed by atoms with Crippen molar-refractivity contribution >= 4 is 29.3 Å². The molecule has 0 radical (unpaired) electrons. The topological polar surface area (TPSA) is 120 Å². The lowest BCUT2D eigenvalue weighted by molar-refractivity contribution is 0.754. The number of hydrogen-bond acceptors (Lipinski definition) is 9. The van der Waals surface area contributed by atoms with Crippen molar-refractivity contribution in [1.82, 2.24) is 35.2 Å². The third-order valence-corrected chi connectivity index (χ3v) is 5.22. The van der Waals surface area contributed by atoms with Gasteiger partial charge >= 0.3 is 0 Å². The molecule has 2 aromatic heterocycles. The van der Waals surface area contributed by atoms with E-state index < -0.39 is 0 Å². The summed E-state index contributed by atoms with van der Waals surface area (Å²) < 4.78 is 1.70. The summed E-state index contributed by atoms with van der Waals surface area (Å²) in [6.45, 7) is 4.32. The van der Waals surface area contributed by atoms with E-state index >= 15 is 0 Å². The number of aromatic nitrogens is 7. The van der Waals surface area contributed by atoms with Gasteiger partial charge in [0, 0.05) is 5.69 Å². The first-order chi connectivity index (χ1) is 14.6. The van der Waals surface area contributed by atoms with Crippen molar-refractivity contribution < 1.29 is 0 Å². The summed E-state index contributed by atoms with van der Waals surface area (Å²) in [6, 6.07) is 17.8. The molecule has 10 heteroatoms. The Kier molecular flexibility index (Phi) is 5.84. The van der Waals surface area contributed by atoms with E-state index in [9.17, 15) is 0 Å². The molecule has 30 heavy (non-hydrogen) atoms. The summed E-state index contributed by atoms with van der Waals surface area (Å²) in [4.78, 5) is 12.8. The van der Waals surface area contributed by atoms with Crippen LogP contribution in [0, 0.1) is 0 Å². The Labute approximate surface area is 178 Å². The van der Waals surface area contributed by atoms with Crippen molar-refractivity contribution in [3.05, 3.63) is 66.0 Å². The number of rotatable bonds is 7. The Morgan fingerprint density at radius 3 is 2.50 bits per heavy atom. The summed E-state index contributed by atoms with van der Waals surface area (Å²) in [6.07, 6.45) is 0. The number of nitrogen functional groups attached to an aromatic ring is 1. The highest BCUT2D eigenvalue weighted by Crippen LogP contribution is 2.23. The molecule has 152 valence electrons. The number of benzene rings is 2. The number of anilines is 3. The lowest BCUT2D eigenvalue weighted by Crippen LogP contribution is -2.07. The Hall–Kier alpha value is -3.53. The fourth-order valence-electron chi connectivity index (χ4n) is 2.77. The van der Waals surface area contributed by atoms with Crippen molar-refractivity contribution in [3.63, 3.8) is 0 Å². The highest BCUT2D eigenvalue weighted by atomic mass is 32.2. The standard InChI is InChI=1S/C20H21N9S/c1-13(2)14-8-10-16(11-9-14)29-20(26-27-28-29)30-12-17-23-18(21)25-19(24-17)22-15-6-4-3-5-7-15/h3-11,13H,12H2,1-2H3,(H3,21,22,23,24,25). The normalized spacial score (nSPS) is 11.0. The van der Waals surface area contributed by atoms with Crippen molar-refractivity contribution in [1.29, 1.82) is 0 Å². The van der Waals surface area contributed by atoms with E-state index in [0.717, 1.165) is 11.4 Å². The van der Waals surface area contributed by atoms with Crippen LogP contribution in [0.5, 0.6) is 0 Å². The largest absolute Gasteiger partial charge is 0.368 e. The number of tetrazole rings is 1. The van der Waals surface area contributed by atoms with Crippen LogP contribution < -0.4 is 11.1 Å². The molecule has 0 bridgehead atoms. The van der Waals surface area contributed by atoms with Crippen LogP contribution in [0.3, 0.4) is 0 Å². The van der Waals surface area contributed by atoms with Gasteiger partial charge in [-0.1, -0.05) is 55.9 Å². The van der Waals surface area contributed by atoms with E-state index in [1.54, 1.807) is 4.68 Å². The van der Waals surface area contributed by atoms with Crippen molar-refractivity contribution in [2.45, 2.75) is 30.7 Å². The Balaban J connectivity index is 1.48. The highest BCUT2D eigenvalue weighted by molar-refractivity contribution is 7.98. The van der Waals surface area contributed by atoms with Gasteiger partial charge in [-0.3, -0.25) is 0 Å². The first-order valence-corrected chi connectivity index (χ1v) is 10.4. The second-order valence-corrected chi connectivity index (χ2v) is 7.78. The van der Waals surface area contributed by atoms with Crippen molar-refractivity contribution in [2.75, 3.05) is 11.1 Å². The molecule has 4 rings (SSSR count). The van der Waals surface area contributed by atoms with Gasteiger partial charge in [0.1, 0.15) is 5.82 Å². The molecule has 0 atom stereocenters. The zero-order valence-electron chi connectivity index (χ0n) is 16.6. The second-order valence-electron chi connectivity index (χ2n) is 6.83. The number of hydrogen-bond donors (Lipinski definition) is 2. The highest BCUT2D eigenvalue weighted by Gasteiger charge is 2.12. The van der Waals surface area contributed by atoms with Crippen LogP contribution in [0.25, 0.3) is 5.69 Å². The molecule has 2 heterocycles. The van der Waals surface area contributed by atoms with Crippen molar-refractivity contribution in [2.24, 2.45) is 0 Å². The lowest BCUT2D eigenvalue weighted by Gasteiger charge is -2.08. The van der Waals surface area contributed by atoms with Gasteiger partial charge in [-0.2, -0.15) is 19.6 Å². The van der Waals surface area contributed by atoms with Gasteiger partial charge in [0.15, 0.2) is 0 Å². The molecule has 0 aliphatic rings. The van der Waals surface area contributed by atoms with Gasteiger partial charge in [-0.25, -0.2) is 0 Å². The molecule has 0 spiro atoms. The minimum absolute atomic E-state index is 0.155. The fraction of sp³-hybridized carbons (Fsp3) is 0.200. The third-order valence-electron chi connectivity index (χ3n) is 4.30. The van der Waals surface area contributed by atoms with E-state index in [4.69, 9.17) is 5.73 Å². The van der Waals surface area contributed by atoms with Gasteiger partial charge < -0.3 is 11.1 Å². The van der Waals surface area contributed by atoms with Gasteiger partial charge in [-0.15, -0.1) is 5.10 Å². The molecule has 0 unspecified atom stereocenters. The first kappa shape index (κ1) is 19.8. The molecule has 0 saturated heterocycles. The Morgan fingerprint density at radius 2 is 1.77 bits per heavy atom. The quantitative estimate of drug-likeness (QED) is 0.433. The molecule has 9 nitrogen and oxygen atoms in total. The maximum atomic E-state index is 5.86. The van der Waals surface area contributed by atoms with Gasteiger partial charge in [-0.05, 0) is 46.2 Å². The van der Waals surface area contributed by atoms with Gasteiger partial charge in [0.2, 0.25) is 17.1 Å². The number of para-hydroxylation sites is 1. The summed E-state index contributed by atoms with van der Waals surface area (Å²) in [5.74, 6) is 2.00. The molecule has 0 amide bonds. The molecular formula is C20H21N9S. The second kappa shape index (κ2) is 8.87. The van der Waals surface area contributed by atoms with E-state index in [0.29, 0.717) is 28.6 Å². The summed E-state index contributed by atoms with van der Waals surface area (Å²) in [7, 11) is 0. The van der Waals surface area contributed by atoms with Gasteiger partial charge in [0.05, 0.1) is 11.4 Å². The maximum absolute atomic E-state index is 5.86.